The van der Waals surface area contributed by atoms with Crippen LogP contribution in [-0.4, -0.2) is 19.9 Å². The zero-order valence-electron chi connectivity index (χ0n) is 11.7. The van der Waals surface area contributed by atoms with Crippen LogP contribution in [0.15, 0.2) is 24.3 Å². The summed E-state index contributed by atoms with van der Waals surface area (Å²) in [6.45, 7) is 4.38. The van der Waals surface area contributed by atoms with E-state index in [9.17, 15) is 8.42 Å². The van der Waals surface area contributed by atoms with E-state index in [1.165, 1.54) is 5.56 Å². The van der Waals surface area contributed by atoms with E-state index in [2.05, 4.69) is 38.1 Å². The molecule has 1 fully saturated rings. The van der Waals surface area contributed by atoms with E-state index in [-0.39, 0.29) is 23.5 Å². The molecular weight excluding hydrogens is 258 g/mol. The lowest BCUT2D eigenvalue weighted by molar-refractivity contribution is 0.480. The summed E-state index contributed by atoms with van der Waals surface area (Å²) >= 11 is 0. The van der Waals surface area contributed by atoms with Gasteiger partial charge in [0.1, 0.15) is 0 Å². The second kappa shape index (κ2) is 5.63. The molecule has 3 unspecified atom stereocenters. The normalized spacial score (nSPS) is 25.1. The average molecular weight is 281 g/mol. The van der Waals surface area contributed by atoms with Gasteiger partial charge in [0.25, 0.3) is 0 Å². The van der Waals surface area contributed by atoms with Gasteiger partial charge >= 0.3 is 0 Å². The third kappa shape index (κ3) is 3.37. The Labute approximate surface area is 116 Å². The number of hydrogen-bond donors (Lipinski definition) is 1. The van der Waals surface area contributed by atoms with Gasteiger partial charge in [-0.3, -0.25) is 0 Å². The van der Waals surface area contributed by atoms with E-state index in [1.54, 1.807) is 0 Å². The van der Waals surface area contributed by atoms with E-state index in [0.29, 0.717) is 12.3 Å². The predicted octanol–water partition coefficient (Wildman–Crippen LogP) is 2.63. The molecule has 1 aliphatic heterocycles. The molecule has 0 amide bonds. The third-order valence-electron chi connectivity index (χ3n) is 4.28. The minimum atomic E-state index is -2.85. The molecule has 0 bridgehead atoms. The van der Waals surface area contributed by atoms with E-state index in [4.69, 9.17) is 5.73 Å². The fourth-order valence-corrected chi connectivity index (χ4v) is 4.52. The first-order valence-corrected chi connectivity index (χ1v) is 8.81. The van der Waals surface area contributed by atoms with Gasteiger partial charge in [-0.1, -0.05) is 38.1 Å². The molecule has 3 nitrogen and oxygen atoms in total. The minimum absolute atomic E-state index is 0.0689. The summed E-state index contributed by atoms with van der Waals surface area (Å²) in [5.74, 6) is 1.15. The maximum Gasteiger partial charge on any atom is 0.150 e. The minimum Gasteiger partial charge on any atom is -0.324 e. The molecule has 0 aromatic heterocycles. The maximum atomic E-state index is 11.5. The van der Waals surface area contributed by atoms with Crippen LogP contribution in [0.5, 0.6) is 0 Å². The Kier molecular flexibility index (Phi) is 4.31. The molecule has 0 saturated carbocycles. The van der Waals surface area contributed by atoms with Crippen LogP contribution in [0.1, 0.15) is 49.8 Å². The molecule has 4 heteroatoms. The van der Waals surface area contributed by atoms with E-state index in [1.807, 2.05) is 0 Å². The number of rotatable bonds is 4. The SMILES string of the molecule is CCC(C)c1ccc(C(N)C2CCS(=O)(=O)C2)cc1. The molecule has 19 heavy (non-hydrogen) atoms. The maximum absolute atomic E-state index is 11.5. The molecule has 1 saturated heterocycles. The van der Waals surface area contributed by atoms with Crippen molar-refractivity contribution in [3.63, 3.8) is 0 Å². The zero-order valence-corrected chi connectivity index (χ0v) is 12.5. The Bertz CT molecular complexity index is 522. The van der Waals surface area contributed by atoms with Crippen LogP contribution in [0.3, 0.4) is 0 Å². The molecular formula is C15H23NO2S. The van der Waals surface area contributed by atoms with Gasteiger partial charge in [0, 0.05) is 6.04 Å². The van der Waals surface area contributed by atoms with Crippen molar-refractivity contribution in [3.05, 3.63) is 35.4 Å². The fourth-order valence-electron chi connectivity index (χ4n) is 2.66. The second-order valence-corrected chi connectivity index (χ2v) is 7.89. The van der Waals surface area contributed by atoms with Crippen LogP contribution in [-0.2, 0) is 9.84 Å². The van der Waals surface area contributed by atoms with Crippen LogP contribution >= 0.6 is 0 Å². The van der Waals surface area contributed by atoms with Gasteiger partial charge < -0.3 is 5.73 Å². The van der Waals surface area contributed by atoms with E-state index >= 15 is 0 Å². The van der Waals surface area contributed by atoms with E-state index in [0.717, 1.165) is 12.0 Å². The first-order valence-electron chi connectivity index (χ1n) is 6.99. The molecule has 0 aliphatic carbocycles. The zero-order chi connectivity index (χ0) is 14.0. The first-order chi connectivity index (χ1) is 8.93. The highest BCUT2D eigenvalue weighted by Gasteiger charge is 2.32. The molecule has 1 aliphatic rings. The van der Waals surface area contributed by atoms with Crippen molar-refractivity contribution < 1.29 is 8.42 Å². The summed E-state index contributed by atoms with van der Waals surface area (Å²) in [5.41, 5.74) is 8.58. The van der Waals surface area contributed by atoms with Gasteiger partial charge in [0.2, 0.25) is 0 Å². The van der Waals surface area contributed by atoms with Gasteiger partial charge in [0.15, 0.2) is 9.84 Å². The van der Waals surface area contributed by atoms with Crippen LogP contribution in [0, 0.1) is 5.92 Å². The van der Waals surface area contributed by atoms with Crippen molar-refractivity contribution in [1.82, 2.24) is 0 Å². The van der Waals surface area contributed by atoms with Crippen molar-refractivity contribution in [2.24, 2.45) is 11.7 Å². The number of nitrogens with two attached hydrogens (primary N) is 1. The highest BCUT2D eigenvalue weighted by molar-refractivity contribution is 7.91. The smallest absolute Gasteiger partial charge is 0.150 e. The molecule has 106 valence electrons. The van der Waals surface area contributed by atoms with Crippen molar-refractivity contribution in [3.8, 4) is 0 Å². The molecule has 1 heterocycles. The molecule has 0 radical (unpaired) electrons. The fraction of sp³-hybridized carbons (Fsp3) is 0.600. The molecule has 2 N–H and O–H groups in total. The Hall–Kier alpha value is -0.870. The summed E-state index contributed by atoms with van der Waals surface area (Å²) in [6, 6.07) is 8.18. The van der Waals surface area contributed by atoms with Crippen molar-refractivity contribution in [2.75, 3.05) is 11.5 Å². The van der Waals surface area contributed by atoms with Crippen LogP contribution in [0.25, 0.3) is 0 Å². The largest absolute Gasteiger partial charge is 0.324 e. The van der Waals surface area contributed by atoms with Crippen molar-refractivity contribution in [1.29, 1.82) is 0 Å². The van der Waals surface area contributed by atoms with Gasteiger partial charge in [-0.05, 0) is 35.8 Å². The topological polar surface area (TPSA) is 60.2 Å². The Morgan fingerprint density at radius 1 is 1.26 bits per heavy atom. The lowest BCUT2D eigenvalue weighted by Crippen LogP contribution is -2.22. The highest BCUT2D eigenvalue weighted by Crippen LogP contribution is 2.30. The lowest BCUT2D eigenvalue weighted by Gasteiger charge is -2.19. The third-order valence-corrected chi connectivity index (χ3v) is 6.07. The summed E-state index contributed by atoms with van der Waals surface area (Å²) in [7, 11) is -2.85. The van der Waals surface area contributed by atoms with Crippen LogP contribution in [0.4, 0.5) is 0 Å². The molecule has 0 spiro atoms. The highest BCUT2D eigenvalue weighted by atomic mass is 32.2. The summed E-state index contributed by atoms with van der Waals surface area (Å²) in [4.78, 5) is 0. The van der Waals surface area contributed by atoms with Gasteiger partial charge in [-0.15, -0.1) is 0 Å². The number of hydrogen-bond acceptors (Lipinski definition) is 3. The quantitative estimate of drug-likeness (QED) is 0.923. The number of benzene rings is 1. The summed E-state index contributed by atoms with van der Waals surface area (Å²) in [5, 5.41) is 0. The Morgan fingerprint density at radius 3 is 2.32 bits per heavy atom. The predicted molar refractivity (Wildman–Crippen MR) is 78.8 cm³/mol. The van der Waals surface area contributed by atoms with Crippen molar-refractivity contribution >= 4 is 9.84 Å². The van der Waals surface area contributed by atoms with Gasteiger partial charge in [0.05, 0.1) is 11.5 Å². The monoisotopic (exact) mass is 281 g/mol. The lowest BCUT2D eigenvalue weighted by atomic mass is 9.91. The Morgan fingerprint density at radius 2 is 1.84 bits per heavy atom. The Balaban J connectivity index is 2.10. The van der Waals surface area contributed by atoms with Crippen molar-refractivity contribution in [2.45, 2.75) is 38.6 Å². The van der Waals surface area contributed by atoms with Crippen LogP contribution in [0.2, 0.25) is 0 Å². The summed E-state index contributed by atoms with van der Waals surface area (Å²) in [6.07, 6.45) is 1.81. The van der Waals surface area contributed by atoms with Gasteiger partial charge in [-0.25, -0.2) is 8.42 Å². The second-order valence-electron chi connectivity index (χ2n) is 5.66. The summed E-state index contributed by atoms with van der Waals surface area (Å²) < 4.78 is 23.0. The molecule has 3 atom stereocenters. The van der Waals surface area contributed by atoms with Gasteiger partial charge in [-0.2, -0.15) is 0 Å². The van der Waals surface area contributed by atoms with Crippen LogP contribution < -0.4 is 5.73 Å². The molecule has 1 aromatic carbocycles. The average Bonchev–Trinajstić information content (AvgIpc) is 2.77. The standard InChI is InChI=1S/C15H23NO2S/c1-3-11(2)12-4-6-13(7-5-12)15(16)14-8-9-19(17,18)10-14/h4-7,11,14-15H,3,8-10,16H2,1-2H3. The first kappa shape index (κ1) is 14.5. The molecule has 2 rings (SSSR count). The molecule has 1 aromatic rings. The van der Waals surface area contributed by atoms with E-state index < -0.39 is 9.84 Å². The number of sulfone groups is 1.